The molecule has 5 aromatic rings. The molecule has 0 aliphatic carbocycles. The molecule has 8 nitrogen and oxygen atoms in total. The van der Waals surface area contributed by atoms with Gasteiger partial charge in [0.1, 0.15) is 5.69 Å². The van der Waals surface area contributed by atoms with E-state index in [1.165, 1.54) is 5.56 Å². The minimum Gasteiger partial charge on any atom is -0.475 e. The van der Waals surface area contributed by atoms with Gasteiger partial charge in [-0.2, -0.15) is 0 Å². The molecular weight excluding hydrogens is 490 g/mol. The van der Waals surface area contributed by atoms with E-state index in [9.17, 15) is 5.11 Å². The molecular formula is C31H35N5O3. The molecule has 0 saturated carbocycles. The molecule has 1 atom stereocenters. The van der Waals surface area contributed by atoms with Gasteiger partial charge in [0.25, 0.3) is 5.88 Å². The van der Waals surface area contributed by atoms with Crippen LogP contribution in [0.15, 0.2) is 60.8 Å². The van der Waals surface area contributed by atoms with Crippen LogP contribution in [0.5, 0.6) is 5.88 Å². The van der Waals surface area contributed by atoms with Gasteiger partial charge in [-0.3, -0.25) is 4.98 Å². The zero-order valence-electron chi connectivity index (χ0n) is 23.0. The molecule has 0 radical (unpaired) electrons. The predicted octanol–water partition coefficient (Wildman–Crippen LogP) is 5.63. The molecule has 2 aromatic carbocycles. The van der Waals surface area contributed by atoms with Gasteiger partial charge in [-0.1, -0.05) is 52.8 Å². The lowest BCUT2D eigenvalue weighted by Crippen LogP contribution is -2.27. The minimum atomic E-state index is -0.970. The van der Waals surface area contributed by atoms with Crippen LogP contribution in [0.1, 0.15) is 50.8 Å². The number of aromatic nitrogens is 5. The fraction of sp³-hybridized carbons (Fsp3) is 0.387. The van der Waals surface area contributed by atoms with Gasteiger partial charge in [0.05, 0.1) is 34.8 Å². The number of rotatable bonds is 7. The summed E-state index contributed by atoms with van der Waals surface area (Å²) in [6.45, 7) is 7.60. The smallest absolute Gasteiger partial charge is 0.261 e. The normalized spacial score (nSPS) is 15.7. The first-order chi connectivity index (χ1) is 18.9. The van der Waals surface area contributed by atoms with E-state index in [-0.39, 0.29) is 6.04 Å². The summed E-state index contributed by atoms with van der Waals surface area (Å²) >= 11 is 0. The second-order valence-electron chi connectivity index (χ2n) is 10.9. The van der Waals surface area contributed by atoms with E-state index < -0.39 is 5.60 Å². The molecule has 1 N–H and O–H groups in total. The number of aryl methyl sites for hydroxylation is 1. The second-order valence-corrected chi connectivity index (χ2v) is 10.9. The molecule has 202 valence electrons. The highest BCUT2D eigenvalue weighted by Crippen LogP contribution is 2.42. The van der Waals surface area contributed by atoms with Crippen LogP contribution in [0.4, 0.5) is 0 Å². The third-order valence-corrected chi connectivity index (χ3v) is 7.83. The summed E-state index contributed by atoms with van der Waals surface area (Å²) in [6.07, 6.45) is 3.82. The summed E-state index contributed by atoms with van der Waals surface area (Å²) in [6, 6.07) is 19.2. The van der Waals surface area contributed by atoms with Crippen LogP contribution >= 0.6 is 0 Å². The molecule has 1 fully saturated rings. The minimum absolute atomic E-state index is 0.0697. The van der Waals surface area contributed by atoms with Gasteiger partial charge in [-0.25, -0.2) is 4.68 Å². The molecule has 0 unspecified atom stereocenters. The number of ether oxygens (including phenoxy) is 2. The molecule has 6 rings (SSSR count). The van der Waals surface area contributed by atoms with Crippen molar-refractivity contribution in [1.29, 1.82) is 0 Å². The first kappa shape index (κ1) is 25.5. The van der Waals surface area contributed by atoms with Gasteiger partial charge >= 0.3 is 0 Å². The van der Waals surface area contributed by atoms with Gasteiger partial charge in [-0.05, 0) is 62.8 Å². The highest BCUT2D eigenvalue weighted by Gasteiger charge is 2.31. The van der Waals surface area contributed by atoms with Gasteiger partial charge in [-0.15, -0.1) is 0 Å². The third-order valence-electron chi connectivity index (χ3n) is 7.83. The van der Waals surface area contributed by atoms with Crippen LogP contribution in [0.3, 0.4) is 0 Å². The van der Waals surface area contributed by atoms with Gasteiger partial charge in [0, 0.05) is 37.4 Å². The molecule has 3 aromatic heterocycles. The number of hydrogen-bond donors (Lipinski definition) is 1. The zero-order valence-corrected chi connectivity index (χ0v) is 23.0. The Balaban J connectivity index is 1.67. The fourth-order valence-electron chi connectivity index (χ4n) is 5.91. The van der Waals surface area contributed by atoms with Gasteiger partial charge in [0.2, 0.25) is 0 Å². The summed E-state index contributed by atoms with van der Waals surface area (Å²) in [5.74, 6) is 0.879. The van der Waals surface area contributed by atoms with Crippen molar-refractivity contribution in [2.75, 3.05) is 19.8 Å². The van der Waals surface area contributed by atoms with Crippen molar-refractivity contribution in [3.8, 4) is 17.1 Å². The average molecular weight is 526 g/mol. The first-order valence-electron chi connectivity index (χ1n) is 13.7. The maximum Gasteiger partial charge on any atom is 0.261 e. The summed E-state index contributed by atoms with van der Waals surface area (Å²) in [5, 5.41) is 20.4. The van der Waals surface area contributed by atoms with E-state index in [4.69, 9.17) is 14.5 Å². The van der Waals surface area contributed by atoms with E-state index in [1.54, 1.807) is 4.68 Å². The number of fused-ring (bicyclic) bond motifs is 3. The molecule has 39 heavy (non-hydrogen) atoms. The second kappa shape index (κ2) is 10.1. The summed E-state index contributed by atoms with van der Waals surface area (Å²) < 4.78 is 15.8. The fourth-order valence-corrected chi connectivity index (χ4v) is 5.91. The van der Waals surface area contributed by atoms with E-state index in [1.807, 2.05) is 40.1 Å². The number of nitrogens with zero attached hydrogens (tertiary/aromatic N) is 5. The Kier molecular flexibility index (Phi) is 6.61. The number of aliphatic hydroxyl groups is 1. The Morgan fingerprint density at radius 3 is 2.56 bits per heavy atom. The maximum atomic E-state index is 10.9. The van der Waals surface area contributed by atoms with Crippen molar-refractivity contribution in [2.24, 2.45) is 13.0 Å². The quantitative estimate of drug-likeness (QED) is 0.296. The van der Waals surface area contributed by atoms with Crippen molar-refractivity contribution in [1.82, 2.24) is 24.5 Å². The molecule has 4 heterocycles. The van der Waals surface area contributed by atoms with Crippen LogP contribution in [-0.2, 0) is 17.4 Å². The molecule has 1 aliphatic rings. The topological polar surface area (TPSA) is 87.2 Å². The van der Waals surface area contributed by atoms with E-state index in [0.29, 0.717) is 18.4 Å². The highest BCUT2D eigenvalue weighted by molar-refractivity contribution is 6.07. The van der Waals surface area contributed by atoms with E-state index in [2.05, 4.69) is 63.4 Å². The monoisotopic (exact) mass is 525 g/mol. The number of hydrogen-bond acceptors (Lipinski definition) is 6. The maximum absolute atomic E-state index is 10.9. The lowest BCUT2D eigenvalue weighted by molar-refractivity contribution is 0.0552. The summed E-state index contributed by atoms with van der Waals surface area (Å²) in [5.41, 5.74) is 5.85. The molecule has 1 saturated heterocycles. The highest BCUT2D eigenvalue weighted by atomic mass is 16.5. The van der Waals surface area contributed by atoms with Crippen molar-refractivity contribution in [3.63, 3.8) is 0 Å². The Morgan fingerprint density at radius 1 is 1.08 bits per heavy atom. The van der Waals surface area contributed by atoms with Crippen LogP contribution in [0.2, 0.25) is 0 Å². The summed E-state index contributed by atoms with van der Waals surface area (Å²) in [7, 11) is 1.87. The van der Waals surface area contributed by atoms with Crippen molar-refractivity contribution >= 4 is 21.9 Å². The van der Waals surface area contributed by atoms with Crippen LogP contribution < -0.4 is 4.74 Å². The Labute approximate surface area is 228 Å². The molecule has 0 spiro atoms. The largest absolute Gasteiger partial charge is 0.475 e. The lowest BCUT2D eigenvalue weighted by Gasteiger charge is -2.33. The average Bonchev–Trinajstić information content (AvgIpc) is 3.46. The molecule has 0 bridgehead atoms. The van der Waals surface area contributed by atoms with E-state index in [0.717, 1.165) is 64.8 Å². The number of benzene rings is 2. The van der Waals surface area contributed by atoms with Gasteiger partial charge < -0.3 is 19.1 Å². The van der Waals surface area contributed by atoms with E-state index >= 15 is 0 Å². The van der Waals surface area contributed by atoms with Gasteiger partial charge in [0.15, 0.2) is 0 Å². The molecule has 8 heteroatoms. The van der Waals surface area contributed by atoms with Crippen LogP contribution in [0.25, 0.3) is 33.2 Å². The van der Waals surface area contributed by atoms with Crippen LogP contribution in [-0.4, -0.2) is 49.5 Å². The SMILES string of the molecule is CCOc1nnn(C)c1-c1cnc2c3ccc(C(C)(C)O)cc3n([C@H](c3ccccc3)C3CCOCC3)c2c1. The Morgan fingerprint density at radius 2 is 1.85 bits per heavy atom. The third kappa shape index (κ3) is 4.57. The predicted molar refractivity (Wildman–Crippen MR) is 152 cm³/mol. The van der Waals surface area contributed by atoms with Crippen molar-refractivity contribution in [2.45, 2.75) is 45.3 Å². The first-order valence-corrected chi connectivity index (χ1v) is 13.7. The lowest BCUT2D eigenvalue weighted by atomic mass is 9.86. The molecule has 1 aliphatic heterocycles. The van der Waals surface area contributed by atoms with Crippen molar-refractivity contribution < 1.29 is 14.6 Å². The zero-order chi connectivity index (χ0) is 27.1. The molecule has 0 amide bonds. The van der Waals surface area contributed by atoms with Crippen molar-refractivity contribution in [3.05, 3.63) is 71.9 Å². The Bertz CT molecular complexity index is 1610. The summed E-state index contributed by atoms with van der Waals surface area (Å²) in [4.78, 5) is 5.01. The number of pyridine rings is 1. The Hall–Kier alpha value is -3.75. The van der Waals surface area contributed by atoms with Crippen LogP contribution in [0, 0.1) is 5.92 Å². The standard InChI is InChI=1S/C31H35N5O3/c1-5-39-30-29(35(4)34-33-30)22-17-26-27(32-19-22)24-12-11-23(31(2,3)37)18-25(24)36(26)28(20-9-7-6-8-10-20)21-13-15-38-16-14-21/h6-12,17-19,21,28,37H,5,13-16H2,1-4H3/t28-/m1/s1.